The minimum absolute atomic E-state index is 0.0365. The van der Waals surface area contributed by atoms with Crippen LogP contribution in [-0.2, 0) is 16.6 Å². The minimum Gasteiger partial charge on any atom is -0.481 e. The summed E-state index contributed by atoms with van der Waals surface area (Å²) in [6.45, 7) is 2.66. The normalized spacial score (nSPS) is 26.3. The molecule has 0 radical (unpaired) electrons. The topological polar surface area (TPSA) is 108 Å². The van der Waals surface area contributed by atoms with E-state index in [4.69, 9.17) is 0 Å². The van der Waals surface area contributed by atoms with Gasteiger partial charge in [-0.25, -0.2) is 4.79 Å². The van der Waals surface area contributed by atoms with E-state index in [9.17, 15) is 19.5 Å². The molecule has 142 valence electrons. The highest BCUT2D eigenvalue weighted by molar-refractivity contribution is 5.83. The molecule has 2 N–H and O–H groups in total. The van der Waals surface area contributed by atoms with E-state index in [0.29, 0.717) is 19.4 Å². The number of hydrogen-bond donors (Lipinski definition) is 2. The number of rotatable bonds is 3. The molecule has 0 aromatic carbocycles. The third-order valence-electron chi connectivity index (χ3n) is 5.54. The summed E-state index contributed by atoms with van der Waals surface area (Å²) in [7, 11) is 3.57. The van der Waals surface area contributed by atoms with Crippen LogP contribution in [-0.4, -0.2) is 68.8 Å². The molecular formula is C17H25N5O4. The molecule has 26 heavy (non-hydrogen) atoms. The molecule has 1 aromatic rings. The maximum atomic E-state index is 12.7. The Morgan fingerprint density at radius 2 is 2.08 bits per heavy atom. The lowest BCUT2D eigenvalue weighted by Crippen LogP contribution is -2.50. The van der Waals surface area contributed by atoms with Gasteiger partial charge in [0.05, 0.1) is 24.2 Å². The molecule has 3 atom stereocenters. The van der Waals surface area contributed by atoms with Gasteiger partial charge in [0.2, 0.25) is 5.91 Å². The summed E-state index contributed by atoms with van der Waals surface area (Å²) < 4.78 is 1.74. The molecular weight excluding hydrogens is 338 g/mol. The van der Waals surface area contributed by atoms with Gasteiger partial charge in [-0.3, -0.25) is 14.3 Å². The molecule has 0 saturated carbocycles. The largest absolute Gasteiger partial charge is 0.481 e. The lowest BCUT2D eigenvalue weighted by molar-refractivity contribution is -0.143. The summed E-state index contributed by atoms with van der Waals surface area (Å²) in [4.78, 5) is 39.3. The summed E-state index contributed by atoms with van der Waals surface area (Å²) in [5, 5.41) is 16.4. The zero-order valence-corrected chi connectivity index (χ0v) is 15.3. The second kappa shape index (κ2) is 6.97. The molecule has 0 aliphatic carbocycles. The maximum absolute atomic E-state index is 12.7. The van der Waals surface area contributed by atoms with Gasteiger partial charge in [0.1, 0.15) is 0 Å². The van der Waals surface area contributed by atoms with Gasteiger partial charge >= 0.3 is 12.0 Å². The summed E-state index contributed by atoms with van der Waals surface area (Å²) in [5.41, 5.74) is 1.85. The van der Waals surface area contributed by atoms with Gasteiger partial charge in [-0.05, 0) is 19.8 Å². The van der Waals surface area contributed by atoms with Crippen molar-refractivity contribution in [3.05, 3.63) is 17.5 Å². The quantitative estimate of drug-likeness (QED) is 0.813. The van der Waals surface area contributed by atoms with Crippen molar-refractivity contribution in [1.29, 1.82) is 0 Å². The number of hydrogen-bond acceptors (Lipinski definition) is 4. The predicted molar refractivity (Wildman–Crippen MR) is 92.3 cm³/mol. The number of aromatic nitrogens is 2. The van der Waals surface area contributed by atoms with Crippen molar-refractivity contribution in [2.75, 3.05) is 20.1 Å². The fraction of sp³-hybridized carbons (Fsp3) is 0.647. The number of carboxylic acid groups (broad SMARTS) is 1. The van der Waals surface area contributed by atoms with Gasteiger partial charge in [0.25, 0.3) is 0 Å². The molecule has 2 aliphatic heterocycles. The Labute approximate surface area is 151 Å². The lowest BCUT2D eigenvalue weighted by Gasteiger charge is -2.33. The van der Waals surface area contributed by atoms with Crippen LogP contribution in [0.5, 0.6) is 0 Å². The number of likely N-dealkylation sites (N-methyl/N-ethyl adjacent to an activating group) is 1. The number of carboxylic acids is 1. The number of amides is 3. The first-order chi connectivity index (χ1) is 12.3. The van der Waals surface area contributed by atoms with Crippen molar-refractivity contribution in [2.24, 2.45) is 13.0 Å². The number of piperidine rings is 1. The van der Waals surface area contributed by atoms with Crippen molar-refractivity contribution < 1.29 is 19.5 Å². The molecule has 9 heteroatoms. The van der Waals surface area contributed by atoms with E-state index in [1.165, 1.54) is 4.90 Å². The number of nitrogens with zero attached hydrogens (tertiary/aromatic N) is 4. The number of nitrogens with one attached hydrogen (secondary N) is 1. The van der Waals surface area contributed by atoms with Crippen LogP contribution in [0.15, 0.2) is 6.20 Å². The van der Waals surface area contributed by atoms with Gasteiger partial charge in [-0.15, -0.1) is 0 Å². The highest BCUT2D eigenvalue weighted by Gasteiger charge is 2.41. The molecule has 2 saturated heterocycles. The van der Waals surface area contributed by atoms with Gasteiger partial charge < -0.3 is 20.2 Å². The molecule has 2 fully saturated rings. The monoisotopic (exact) mass is 363 g/mol. The Morgan fingerprint density at radius 1 is 1.35 bits per heavy atom. The SMILES string of the molecule is Cc1c([C@H]2[C@H](NC(=O)N3CCCC(C(=O)O)C3)CC(=O)N2C)cnn1C. The zero-order valence-electron chi connectivity index (χ0n) is 15.3. The first kappa shape index (κ1) is 18.2. The van der Waals surface area contributed by atoms with E-state index in [1.54, 1.807) is 22.8 Å². The fourth-order valence-electron chi connectivity index (χ4n) is 3.84. The van der Waals surface area contributed by atoms with Crippen LogP contribution in [0.4, 0.5) is 4.79 Å². The fourth-order valence-corrected chi connectivity index (χ4v) is 3.84. The van der Waals surface area contributed by atoms with Crippen LogP contribution >= 0.6 is 0 Å². The van der Waals surface area contributed by atoms with Crippen molar-refractivity contribution in [1.82, 2.24) is 24.9 Å². The van der Waals surface area contributed by atoms with Crippen LogP contribution in [0.3, 0.4) is 0 Å². The average Bonchev–Trinajstić information content (AvgIpc) is 3.07. The summed E-state index contributed by atoms with van der Waals surface area (Å²) in [5.74, 6) is -1.44. The smallest absolute Gasteiger partial charge is 0.317 e. The van der Waals surface area contributed by atoms with E-state index in [1.807, 2.05) is 14.0 Å². The molecule has 2 aliphatic rings. The third-order valence-corrected chi connectivity index (χ3v) is 5.54. The summed E-state index contributed by atoms with van der Waals surface area (Å²) in [6, 6.07) is -0.955. The second-order valence-corrected chi connectivity index (χ2v) is 7.14. The first-order valence-corrected chi connectivity index (χ1v) is 8.82. The maximum Gasteiger partial charge on any atom is 0.317 e. The number of carbonyl (C=O) groups excluding carboxylic acids is 2. The second-order valence-electron chi connectivity index (χ2n) is 7.14. The van der Waals surface area contributed by atoms with Crippen LogP contribution < -0.4 is 5.32 Å². The van der Waals surface area contributed by atoms with Gasteiger partial charge in [0.15, 0.2) is 0 Å². The average molecular weight is 363 g/mol. The Bertz CT molecular complexity index is 731. The van der Waals surface area contributed by atoms with Crippen molar-refractivity contribution in [3.63, 3.8) is 0 Å². The molecule has 3 heterocycles. The molecule has 0 spiro atoms. The van der Waals surface area contributed by atoms with Crippen LogP contribution in [0.2, 0.25) is 0 Å². The number of likely N-dealkylation sites (tertiary alicyclic amines) is 2. The highest BCUT2D eigenvalue weighted by Crippen LogP contribution is 2.33. The summed E-state index contributed by atoms with van der Waals surface area (Å²) >= 11 is 0. The standard InChI is InChI=1S/C17H25N5O4/c1-10-12(8-18-21(10)3)15-13(7-14(23)20(15)2)19-17(26)22-6-4-5-11(9-22)16(24)25/h8,11,13,15H,4-7,9H2,1-3H3,(H,19,26)(H,24,25)/t11?,13-,15+/m1/s1. The number of urea groups is 1. The van der Waals surface area contributed by atoms with E-state index in [2.05, 4.69) is 10.4 Å². The van der Waals surface area contributed by atoms with E-state index < -0.39 is 11.9 Å². The van der Waals surface area contributed by atoms with E-state index >= 15 is 0 Å². The molecule has 9 nitrogen and oxygen atoms in total. The zero-order chi connectivity index (χ0) is 19.0. The highest BCUT2D eigenvalue weighted by atomic mass is 16.4. The van der Waals surface area contributed by atoms with Crippen LogP contribution in [0, 0.1) is 12.8 Å². The predicted octanol–water partition coefficient (Wildman–Crippen LogP) is 0.507. The van der Waals surface area contributed by atoms with Crippen molar-refractivity contribution >= 4 is 17.9 Å². The Hall–Kier alpha value is -2.58. The number of aliphatic carboxylic acids is 1. The lowest BCUT2D eigenvalue weighted by atomic mass is 9.98. The van der Waals surface area contributed by atoms with Crippen molar-refractivity contribution in [3.8, 4) is 0 Å². The Morgan fingerprint density at radius 3 is 2.69 bits per heavy atom. The summed E-state index contributed by atoms with van der Waals surface area (Å²) in [6.07, 6.45) is 3.20. The minimum atomic E-state index is -0.873. The number of carbonyl (C=O) groups is 3. The van der Waals surface area contributed by atoms with Gasteiger partial charge in [-0.2, -0.15) is 5.10 Å². The molecule has 3 amide bonds. The molecule has 3 rings (SSSR count). The van der Waals surface area contributed by atoms with E-state index in [0.717, 1.165) is 11.3 Å². The molecule has 1 aromatic heterocycles. The van der Waals surface area contributed by atoms with Crippen LogP contribution in [0.1, 0.15) is 36.6 Å². The van der Waals surface area contributed by atoms with Crippen LogP contribution in [0.25, 0.3) is 0 Å². The third kappa shape index (κ3) is 3.25. The van der Waals surface area contributed by atoms with Gasteiger partial charge in [-0.1, -0.05) is 0 Å². The first-order valence-electron chi connectivity index (χ1n) is 8.82. The van der Waals surface area contributed by atoms with Crippen molar-refractivity contribution in [2.45, 2.75) is 38.3 Å². The van der Waals surface area contributed by atoms with E-state index in [-0.39, 0.29) is 37.0 Å². The van der Waals surface area contributed by atoms with Gasteiger partial charge in [0, 0.05) is 44.9 Å². The molecule has 0 bridgehead atoms. The molecule has 1 unspecified atom stereocenters. The number of aryl methyl sites for hydroxylation is 1. The Kier molecular flexibility index (Phi) is 4.88. The Balaban J connectivity index is 1.75.